The monoisotopic (exact) mass is 189 g/mol. The molecule has 0 radical (unpaired) electrons. The fourth-order valence-corrected chi connectivity index (χ4v) is 2.25. The SMILES string of the molecule is CC1(c2cccnc2)CCCC(=O)C1. The lowest BCUT2D eigenvalue weighted by atomic mass is 9.71. The highest BCUT2D eigenvalue weighted by Gasteiger charge is 2.32. The Hall–Kier alpha value is -1.18. The fourth-order valence-electron chi connectivity index (χ4n) is 2.25. The van der Waals surface area contributed by atoms with Gasteiger partial charge in [0.15, 0.2) is 0 Å². The number of carbonyl (C=O) groups excluding carboxylic acids is 1. The Morgan fingerprint density at radius 3 is 3.00 bits per heavy atom. The largest absolute Gasteiger partial charge is 0.300 e. The van der Waals surface area contributed by atoms with Gasteiger partial charge in [-0.3, -0.25) is 9.78 Å². The van der Waals surface area contributed by atoms with Crippen LogP contribution in [0.3, 0.4) is 0 Å². The van der Waals surface area contributed by atoms with Gasteiger partial charge < -0.3 is 0 Å². The second-order valence-corrected chi connectivity index (χ2v) is 4.37. The van der Waals surface area contributed by atoms with Crippen molar-refractivity contribution in [2.75, 3.05) is 0 Å². The molecule has 1 aliphatic rings. The number of aromatic nitrogens is 1. The van der Waals surface area contributed by atoms with Crippen molar-refractivity contribution < 1.29 is 4.79 Å². The van der Waals surface area contributed by atoms with Gasteiger partial charge in [-0.05, 0) is 24.5 Å². The van der Waals surface area contributed by atoms with Crippen molar-refractivity contribution in [3.05, 3.63) is 30.1 Å². The summed E-state index contributed by atoms with van der Waals surface area (Å²) in [6.07, 6.45) is 7.22. The normalized spacial score (nSPS) is 27.6. The van der Waals surface area contributed by atoms with Crippen molar-refractivity contribution in [1.29, 1.82) is 0 Å². The van der Waals surface area contributed by atoms with Gasteiger partial charge in [-0.15, -0.1) is 0 Å². The Balaban J connectivity index is 2.27. The van der Waals surface area contributed by atoms with Crippen molar-refractivity contribution in [3.8, 4) is 0 Å². The Morgan fingerprint density at radius 2 is 2.36 bits per heavy atom. The Bertz CT molecular complexity index is 333. The minimum absolute atomic E-state index is 0.0313. The number of hydrogen-bond donors (Lipinski definition) is 0. The van der Waals surface area contributed by atoms with Crippen LogP contribution in [0.4, 0.5) is 0 Å². The van der Waals surface area contributed by atoms with Gasteiger partial charge in [0.25, 0.3) is 0 Å². The zero-order valence-electron chi connectivity index (χ0n) is 8.49. The van der Waals surface area contributed by atoms with Crippen LogP contribution in [0.15, 0.2) is 24.5 Å². The summed E-state index contributed by atoms with van der Waals surface area (Å²) in [5, 5.41) is 0. The minimum atomic E-state index is 0.0313. The first kappa shape index (κ1) is 9.38. The van der Waals surface area contributed by atoms with Gasteiger partial charge in [-0.1, -0.05) is 13.0 Å². The third-order valence-corrected chi connectivity index (χ3v) is 3.13. The maximum absolute atomic E-state index is 11.4. The summed E-state index contributed by atoms with van der Waals surface area (Å²) in [4.78, 5) is 15.6. The number of hydrogen-bond acceptors (Lipinski definition) is 2. The van der Waals surface area contributed by atoms with Crippen LogP contribution in [0.25, 0.3) is 0 Å². The standard InChI is InChI=1S/C12H15NO/c1-12(6-2-5-11(14)8-12)10-4-3-7-13-9-10/h3-4,7,9H,2,5-6,8H2,1H3. The first-order valence-corrected chi connectivity index (χ1v) is 5.13. The average Bonchev–Trinajstić information content (AvgIpc) is 2.19. The van der Waals surface area contributed by atoms with Crippen LogP contribution in [0.5, 0.6) is 0 Å². The predicted octanol–water partition coefficient (Wildman–Crippen LogP) is 2.48. The molecule has 0 bridgehead atoms. The molecular formula is C12H15NO. The fraction of sp³-hybridized carbons (Fsp3) is 0.500. The Labute approximate surface area is 84.4 Å². The van der Waals surface area contributed by atoms with Crippen LogP contribution in [0, 0.1) is 0 Å². The highest BCUT2D eigenvalue weighted by Crippen LogP contribution is 2.36. The molecule has 2 rings (SSSR count). The summed E-state index contributed by atoms with van der Waals surface area (Å²) in [6.45, 7) is 2.17. The van der Waals surface area contributed by atoms with Gasteiger partial charge in [0.1, 0.15) is 5.78 Å². The summed E-state index contributed by atoms with van der Waals surface area (Å²) in [7, 11) is 0. The van der Waals surface area contributed by atoms with E-state index >= 15 is 0 Å². The lowest BCUT2D eigenvalue weighted by Gasteiger charge is -2.32. The first-order valence-electron chi connectivity index (χ1n) is 5.13. The number of nitrogens with zero attached hydrogens (tertiary/aromatic N) is 1. The molecule has 1 saturated carbocycles. The molecule has 1 aromatic rings. The highest BCUT2D eigenvalue weighted by atomic mass is 16.1. The van der Waals surface area contributed by atoms with Crippen LogP contribution in [-0.2, 0) is 10.2 Å². The quantitative estimate of drug-likeness (QED) is 0.679. The van der Waals surface area contributed by atoms with Crippen LogP contribution in [0.2, 0.25) is 0 Å². The van der Waals surface area contributed by atoms with E-state index in [1.54, 1.807) is 6.20 Å². The Morgan fingerprint density at radius 1 is 1.50 bits per heavy atom. The lowest BCUT2D eigenvalue weighted by molar-refractivity contribution is -0.121. The lowest BCUT2D eigenvalue weighted by Crippen LogP contribution is -2.30. The summed E-state index contributed by atoms with van der Waals surface area (Å²) < 4.78 is 0. The zero-order valence-corrected chi connectivity index (χ0v) is 8.49. The van der Waals surface area contributed by atoms with Crippen molar-refractivity contribution in [1.82, 2.24) is 4.98 Å². The molecule has 1 aliphatic carbocycles. The third kappa shape index (κ3) is 1.69. The van der Waals surface area contributed by atoms with Gasteiger partial charge in [-0.25, -0.2) is 0 Å². The summed E-state index contributed by atoms with van der Waals surface area (Å²) in [5.74, 6) is 0.391. The van der Waals surface area contributed by atoms with Gasteiger partial charge in [0, 0.05) is 30.7 Å². The third-order valence-electron chi connectivity index (χ3n) is 3.13. The number of pyridine rings is 1. The molecule has 74 valence electrons. The topological polar surface area (TPSA) is 30.0 Å². The number of ketones is 1. The van der Waals surface area contributed by atoms with Gasteiger partial charge in [-0.2, -0.15) is 0 Å². The molecule has 0 spiro atoms. The number of Topliss-reactive ketones (excluding diaryl/α,β-unsaturated/α-hetero) is 1. The molecule has 1 fully saturated rings. The van der Waals surface area contributed by atoms with Crippen LogP contribution < -0.4 is 0 Å². The van der Waals surface area contributed by atoms with E-state index in [4.69, 9.17) is 0 Å². The van der Waals surface area contributed by atoms with E-state index in [9.17, 15) is 4.79 Å². The predicted molar refractivity (Wildman–Crippen MR) is 55.1 cm³/mol. The molecule has 2 nitrogen and oxygen atoms in total. The summed E-state index contributed by atoms with van der Waals surface area (Å²) >= 11 is 0. The maximum Gasteiger partial charge on any atom is 0.133 e. The van der Waals surface area contributed by atoms with Crippen LogP contribution >= 0.6 is 0 Å². The van der Waals surface area contributed by atoms with Crippen molar-refractivity contribution >= 4 is 5.78 Å². The van der Waals surface area contributed by atoms with E-state index in [0.717, 1.165) is 19.3 Å². The minimum Gasteiger partial charge on any atom is -0.300 e. The van der Waals surface area contributed by atoms with Gasteiger partial charge >= 0.3 is 0 Å². The van der Waals surface area contributed by atoms with E-state index in [-0.39, 0.29) is 5.41 Å². The molecule has 0 N–H and O–H groups in total. The molecule has 0 amide bonds. The van der Waals surface area contributed by atoms with Gasteiger partial charge in [0.2, 0.25) is 0 Å². The molecule has 1 heterocycles. The molecule has 1 unspecified atom stereocenters. The molecule has 1 atom stereocenters. The molecule has 14 heavy (non-hydrogen) atoms. The van der Waals surface area contributed by atoms with E-state index in [2.05, 4.69) is 18.0 Å². The highest BCUT2D eigenvalue weighted by molar-refractivity contribution is 5.80. The second kappa shape index (κ2) is 3.52. The second-order valence-electron chi connectivity index (χ2n) is 4.37. The van der Waals surface area contributed by atoms with E-state index in [1.807, 2.05) is 12.3 Å². The molecule has 1 aromatic heterocycles. The average molecular weight is 189 g/mol. The van der Waals surface area contributed by atoms with Crippen LogP contribution in [0.1, 0.15) is 38.2 Å². The summed E-state index contributed by atoms with van der Waals surface area (Å²) in [5.41, 5.74) is 1.23. The summed E-state index contributed by atoms with van der Waals surface area (Å²) in [6, 6.07) is 4.02. The molecule has 0 aromatic carbocycles. The zero-order chi connectivity index (χ0) is 10.0. The first-order chi connectivity index (χ1) is 6.71. The smallest absolute Gasteiger partial charge is 0.133 e. The number of rotatable bonds is 1. The van der Waals surface area contributed by atoms with Crippen LogP contribution in [-0.4, -0.2) is 10.8 Å². The van der Waals surface area contributed by atoms with Crippen molar-refractivity contribution in [2.45, 2.75) is 38.0 Å². The van der Waals surface area contributed by atoms with E-state index < -0.39 is 0 Å². The molecular weight excluding hydrogens is 174 g/mol. The van der Waals surface area contributed by atoms with Crippen molar-refractivity contribution in [3.63, 3.8) is 0 Å². The molecule has 0 aliphatic heterocycles. The number of carbonyl (C=O) groups is 1. The molecule has 2 heteroatoms. The van der Waals surface area contributed by atoms with Gasteiger partial charge in [0.05, 0.1) is 0 Å². The molecule has 0 saturated heterocycles. The Kier molecular flexibility index (Phi) is 2.36. The van der Waals surface area contributed by atoms with E-state index in [1.165, 1.54) is 5.56 Å². The maximum atomic E-state index is 11.4. The van der Waals surface area contributed by atoms with E-state index in [0.29, 0.717) is 12.2 Å². The van der Waals surface area contributed by atoms with Crippen molar-refractivity contribution in [2.24, 2.45) is 0 Å².